The van der Waals surface area contributed by atoms with Crippen molar-refractivity contribution < 1.29 is 9.47 Å². The second kappa shape index (κ2) is 5.69. The van der Waals surface area contributed by atoms with E-state index in [1.165, 1.54) is 0 Å². The Hall–Kier alpha value is -1.53. The van der Waals surface area contributed by atoms with Gasteiger partial charge in [0, 0.05) is 18.7 Å². The van der Waals surface area contributed by atoms with E-state index in [-0.39, 0.29) is 6.04 Å². The lowest BCUT2D eigenvalue weighted by molar-refractivity contribution is 0.290. The number of benzene rings is 1. The number of hydrogen-bond acceptors (Lipinski definition) is 4. The van der Waals surface area contributed by atoms with Gasteiger partial charge < -0.3 is 15.2 Å². The van der Waals surface area contributed by atoms with Crippen LogP contribution in [0.25, 0.3) is 0 Å². The van der Waals surface area contributed by atoms with Crippen LogP contribution in [-0.2, 0) is 20.1 Å². The SMILES string of the molecule is CCc1nn(C)c(COc2ccc3c(c2)OCC3N)c1Br. The average Bonchev–Trinajstić information content (AvgIpc) is 2.98. The van der Waals surface area contributed by atoms with E-state index >= 15 is 0 Å². The minimum Gasteiger partial charge on any atom is -0.491 e. The maximum atomic E-state index is 5.94. The molecule has 1 atom stereocenters. The molecule has 0 fully saturated rings. The third-order valence-corrected chi connectivity index (χ3v) is 4.60. The molecule has 0 aliphatic carbocycles. The van der Waals surface area contributed by atoms with Gasteiger partial charge in [-0.3, -0.25) is 4.68 Å². The molecule has 5 nitrogen and oxygen atoms in total. The fourth-order valence-corrected chi connectivity index (χ4v) is 3.16. The third-order valence-electron chi connectivity index (χ3n) is 3.68. The number of hydrogen-bond donors (Lipinski definition) is 1. The van der Waals surface area contributed by atoms with Crippen molar-refractivity contribution in [2.24, 2.45) is 12.8 Å². The first-order valence-corrected chi connectivity index (χ1v) is 7.74. The van der Waals surface area contributed by atoms with E-state index < -0.39 is 0 Å². The summed E-state index contributed by atoms with van der Waals surface area (Å²) >= 11 is 3.59. The van der Waals surface area contributed by atoms with Crippen molar-refractivity contribution >= 4 is 15.9 Å². The summed E-state index contributed by atoms with van der Waals surface area (Å²) in [4.78, 5) is 0. The Morgan fingerprint density at radius 3 is 3.05 bits per heavy atom. The van der Waals surface area contributed by atoms with Gasteiger partial charge in [0.05, 0.1) is 21.9 Å². The van der Waals surface area contributed by atoms with Gasteiger partial charge in [0.2, 0.25) is 0 Å². The van der Waals surface area contributed by atoms with E-state index in [4.69, 9.17) is 15.2 Å². The molecule has 0 saturated carbocycles. The Bertz CT molecular complexity index is 669. The quantitative estimate of drug-likeness (QED) is 0.919. The summed E-state index contributed by atoms with van der Waals surface area (Å²) in [7, 11) is 1.92. The maximum absolute atomic E-state index is 5.94. The van der Waals surface area contributed by atoms with Crippen molar-refractivity contribution in [2.75, 3.05) is 6.61 Å². The van der Waals surface area contributed by atoms with Crippen LogP contribution in [0.3, 0.4) is 0 Å². The number of aryl methyl sites for hydroxylation is 2. The van der Waals surface area contributed by atoms with Crippen molar-refractivity contribution in [3.63, 3.8) is 0 Å². The molecule has 1 unspecified atom stereocenters. The zero-order valence-electron chi connectivity index (χ0n) is 12.1. The summed E-state index contributed by atoms with van der Waals surface area (Å²) in [6.07, 6.45) is 0.888. The molecule has 2 N–H and O–H groups in total. The Morgan fingerprint density at radius 2 is 2.33 bits per heavy atom. The summed E-state index contributed by atoms with van der Waals surface area (Å²) in [6, 6.07) is 5.76. The second-order valence-electron chi connectivity index (χ2n) is 5.09. The lowest BCUT2D eigenvalue weighted by Crippen LogP contribution is -2.10. The lowest BCUT2D eigenvalue weighted by Gasteiger charge is -2.09. The highest BCUT2D eigenvalue weighted by Gasteiger charge is 2.21. The molecular weight excluding hydrogens is 334 g/mol. The molecule has 3 rings (SSSR count). The molecule has 0 radical (unpaired) electrons. The van der Waals surface area contributed by atoms with Crippen LogP contribution in [0.5, 0.6) is 11.5 Å². The first kappa shape index (κ1) is 14.4. The number of rotatable bonds is 4. The molecule has 0 bridgehead atoms. The Kier molecular flexibility index (Phi) is 3.91. The van der Waals surface area contributed by atoms with Crippen LogP contribution in [0.4, 0.5) is 0 Å². The molecule has 1 aromatic heterocycles. The molecule has 1 aromatic carbocycles. The van der Waals surface area contributed by atoms with E-state index in [9.17, 15) is 0 Å². The minimum absolute atomic E-state index is 0.0348. The first-order chi connectivity index (χ1) is 10.1. The molecule has 1 aliphatic rings. The molecule has 0 amide bonds. The zero-order valence-corrected chi connectivity index (χ0v) is 13.7. The first-order valence-electron chi connectivity index (χ1n) is 6.95. The van der Waals surface area contributed by atoms with Crippen molar-refractivity contribution in [1.82, 2.24) is 9.78 Å². The molecule has 2 aromatic rings. The minimum atomic E-state index is -0.0348. The van der Waals surface area contributed by atoms with Gasteiger partial charge in [-0.25, -0.2) is 0 Å². The highest BCUT2D eigenvalue weighted by Crippen LogP contribution is 2.34. The average molecular weight is 352 g/mol. The lowest BCUT2D eigenvalue weighted by atomic mass is 10.1. The van der Waals surface area contributed by atoms with Gasteiger partial charge in [-0.05, 0) is 34.5 Å². The molecule has 0 saturated heterocycles. The molecule has 1 aliphatic heterocycles. The smallest absolute Gasteiger partial charge is 0.131 e. The topological polar surface area (TPSA) is 62.3 Å². The van der Waals surface area contributed by atoms with E-state index in [2.05, 4.69) is 28.0 Å². The van der Waals surface area contributed by atoms with Gasteiger partial charge in [0.1, 0.15) is 24.7 Å². The number of aromatic nitrogens is 2. The highest BCUT2D eigenvalue weighted by atomic mass is 79.9. The third kappa shape index (κ3) is 2.65. The second-order valence-corrected chi connectivity index (χ2v) is 5.88. The standard InChI is InChI=1S/C15H18BrN3O2/c1-3-12-15(16)13(19(2)18-12)8-20-9-4-5-10-11(17)7-21-14(10)6-9/h4-6,11H,3,7-8,17H2,1-2H3. The fourth-order valence-electron chi connectivity index (χ4n) is 2.43. The van der Waals surface area contributed by atoms with Crippen LogP contribution in [0.15, 0.2) is 22.7 Å². The summed E-state index contributed by atoms with van der Waals surface area (Å²) in [6.45, 7) is 3.07. The van der Waals surface area contributed by atoms with Crippen LogP contribution in [-0.4, -0.2) is 16.4 Å². The molecule has 2 heterocycles. The predicted molar refractivity (Wildman–Crippen MR) is 83.5 cm³/mol. The van der Waals surface area contributed by atoms with Crippen LogP contribution in [0.1, 0.15) is 29.9 Å². The van der Waals surface area contributed by atoms with Gasteiger partial charge in [-0.1, -0.05) is 6.92 Å². The Labute approximate surface area is 132 Å². The van der Waals surface area contributed by atoms with Crippen molar-refractivity contribution in [3.8, 4) is 11.5 Å². The van der Waals surface area contributed by atoms with Gasteiger partial charge >= 0.3 is 0 Å². The van der Waals surface area contributed by atoms with Crippen molar-refractivity contribution in [1.29, 1.82) is 0 Å². The van der Waals surface area contributed by atoms with Crippen LogP contribution >= 0.6 is 15.9 Å². The van der Waals surface area contributed by atoms with Crippen molar-refractivity contribution in [3.05, 3.63) is 39.6 Å². The molecule has 0 spiro atoms. The number of ether oxygens (including phenoxy) is 2. The van der Waals surface area contributed by atoms with E-state index in [1.54, 1.807) is 0 Å². The fraction of sp³-hybridized carbons (Fsp3) is 0.400. The largest absolute Gasteiger partial charge is 0.491 e. The van der Waals surface area contributed by atoms with E-state index in [0.717, 1.165) is 39.3 Å². The Morgan fingerprint density at radius 1 is 1.52 bits per heavy atom. The summed E-state index contributed by atoms with van der Waals surface area (Å²) in [5.74, 6) is 1.59. The van der Waals surface area contributed by atoms with Gasteiger partial charge in [-0.2, -0.15) is 5.10 Å². The van der Waals surface area contributed by atoms with Gasteiger partial charge in [0.15, 0.2) is 0 Å². The van der Waals surface area contributed by atoms with Gasteiger partial charge in [-0.15, -0.1) is 0 Å². The number of fused-ring (bicyclic) bond motifs is 1. The molecular formula is C15H18BrN3O2. The molecule has 6 heteroatoms. The summed E-state index contributed by atoms with van der Waals surface area (Å²) in [5, 5.41) is 4.46. The number of halogens is 1. The van der Waals surface area contributed by atoms with E-state index in [0.29, 0.717) is 13.2 Å². The maximum Gasteiger partial charge on any atom is 0.131 e. The predicted octanol–water partition coefficient (Wildman–Crippen LogP) is 2.72. The summed E-state index contributed by atoms with van der Waals surface area (Å²) in [5.41, 5.74) is 9.03. The number of nitrogens with two attached hydrogens (primary N) is 1. The normalized spacial score (nSPS) is 16.7. The van der Waals surface area contributed by atoms with Crippen LogP contribution < -0.4 is 15.2 Å². The number of nitrogens with zero attached hydrogens (tertiary/aromatic N) is 2. The van der Waals surface area contributed by atoms with E-state index in [1.807, 2.05) is 29.9 Å². The van der Waals surface area contributed by atoms with Gasteiger partial charge in [0.25, 0.3) is 0 Å². The summed E-state index contributed by atoms with van der Waals surface area (Å²) < 4.78 is 14.3. The van der Waals surface area contributed by atoms with Crippen molar-refractivity contribution in [2.45, 2.75) is 26.0 Å². The monoisotopic (exact) mass is 351 g/mol. The Balaban J connectivity index is 1.75. The molecule has 21 heavy (non-hydrogen) atoms. The molecule has 112 valence electrons. The van der Waals surface area contributed by atoms with Crippen LogP contribution in [0.2, 0.25) is 0 Å². The highest BCUT2D eigenvalue weighted by molar-refractivity contribution is 9.10. The zero-order chi connectivity index (χ0) is 15.0. The van der Waals surface area contributed by atoms with Crippen LogP contribution in [0, 0.1) is 0 Å².